The van der Waals surface area contributed by atoms with Crippen molar-refractivity contribution in [2.45, 2.75) is 44.6 Å². The molecule has 0 saturated carbocycles. The first-order valence-corrected chi connectivity index (χ1v) is 7.36. The normalized spacial score (nSPS) is 33.5. The molecule has 2 heteroatoms. The maximum absolute atomic E-state index is 8.82. The highest BCUT2D eigenvalue weighted by Gasteiger charge is 2.47. The van der Waals surface area contributed by atoms with Crippen LogP contribution in [0.15, 0.2) is 24.3 Å². The van der Waals surface area contributed by atoms with Gasteiger partial charge in [-0.1, -0.05) is 38.1 Å². The molecule has 1 aromatic carbocycles. The number of nitriles is 1. The molecule has 1 aliphatic heterocycles. The van der Waals surface area contributed by atoms with E-state index in [1.54, 1.807) is 5.56 Å². The average molecular weight is 254 g/mol. The van der Waals surface area contributed by atoms with Crippen LogP contribution < -0.4 is 0 Å². The first kappa shape index (κ1) is 12.7. The number of hydrogen-bond acceptors (Lipinski definition) is 2. The maximum Gasteiger partial charge on any atom is 0.0635 e. The van der Waals surface area contributed by atoms with E-state index in [0.29, 0.717) is 23.8 Å². The molecule has 2 bridgehead atoms. The molecule has 1 saturated heterocycles. The van der Waals surface area contributed by atoms with Gasteiger partial charge in [0.15, 0.2) is 0 Å². The molecule has 1 heterocycles. The molecule has 1 fully saturated rings. The zero-order valence-electron chi connectivity index (χ0n) is 11.9. The standard InChI is InChI=1S/C17H22N2/c1-13-16-12-14-6-3-4-7-15(14)17(13,2)8-11-19(16)10-5-9-18/h3-4,6-7,13,16H,5,8,10-12H2,1-2H3. The Balaban J connectivity index is 1.96. The van der Waals surface area contributed by atoms with Crippen LogP contribution in [0, 0.1) is 17.2 Å². The van der Waals surface area contributed by atoms with Crippen molar-refractivity contribution in [1.82, 2.24) is 4.90 Å². The molecule has 0 amide bonds. The largest absolute Gasteiger partial charge is 0.299 e. The highest BCUT2D eigenvalue weighted by Crippen LogP contribution is 2.48. The topological polar surface area (TPSA) is 27.0 Å². The summed E-state index contributed by atoms with van der Waals surface area (Å²) in [4.78, 5) is 2.55. The Kier molecular flexibility index (Phi) is 3.11. The summed E-state index contributed by atoms with van der Waals surface area (Å²) in [5, 5.41) is 8.82. The van der Waals surface area contributed by atoms with E-state index in [1.165, 1.54) is 12.0 Å². The summed E-state index contributed by atoms with van der Waals surface area (Å²) in [6, 6.07) is 11.9. The molecule has 1 aliphatic carbocycles. The van der Waals surface area contributed by atoms with Crippen LogP contribution in [-0.2, 0) is 11.8 Å². The fourth-order valence-electron chi connectivity index (χ4n) is 4.15. The lowest BCUT2D eigenvalue weighted by atomic mass is 9.59. The van der Waals surface area contributed by atoms with E-state index in [0.717, 1.165) is 19.5 Å². The SMILES string of the molecule is CC1C2Cc3ccccc3C1(C)CCN2CCC#N. The Hall–Kier alpha value is -1.33. The Bertz CT molecular complexity index is 516. The predicted octanol–water partition coefficient (Wildman–Crippen LogP) is 3.12. The zero-order chi connectivity index (χ0) is 13.5. The van der Waals surface area contributed by atoms with E-state index >= 15 is 0 Å². The van der Waals surface area contributed by atoms with Gasteiger partial charge in [0.2, 0.25) is 0 Å². The van der Waals surface area contributed by atoms with Crippen LogP contribution in [0.5, 0.6) is 0 Å². The average Bonchev–Trinajstić information content (AvgIpc) is 2.42. The highest BCUT2D eigenvalue weighted by molar-refractivity contribution is 5.39. The van der Waals surface area contributed by atoms with Gasteiger partial charge >= 0.3 is 0 Å². The van der Waals surface area contributed by atoms with Crippen molar-refractivity contribution in [2.24, 2.45) is 5.92 Å². The second-order valence-corrected chi connectivity index (χ2v) is 6.33. The lowest BCUT2D eigenvalue weighted by Crippen LogP contribution is -2.58. The summed E-state index contributed by atoms with van der Waals surface area (Å²) in [6.07, 6.45) is 3.02. The number of fused-ring (bicyclic) bond motifs is 4. The summed E-state index contributed by atoms with van der Waals surface area (Å²) in [5.74, 6) is 0.676. The molecule has 100 valence electrons. The highest BCUT2D eigenvalue weighted by atomic mass is 15.2. The molecule has 2 nitrogen and oxygen atoms in total. The monoisotopic (exact) mass is 254 g/mol. The van der Waals surface area contributed by atoms with Crippen LogP contribution in [0.3, 0.4) is 0 Å². The Labute approximate surface area is 116 Å². The summed E-state index contributed by atoms with van der Waals surface area (Å²) in [7, 11) is 0. The Morgan fingerprint density at radius 2 is 2.21 bits per heavy atom. The number of nitrogens with zero attached hydrogens (tertiary/aromatic N) is 2. The first-order chi connectivity index (χ1) is 9.16. The van der Waals surface area contributed by atoms with Gasteiger partial charge in [-0.2, -0.15) is 5.26 Å². The van der Waals surface area contributed by atoms with Gasteiger partial charge < -0.3 is 0 Å². The minimum absolute atomic E-state index is 0.322. The third-order valence-corrected chi connectivity index (χ3v) is 5.54. The second-order valence-electron chi connectivity index (χ2n) is 6.33. The third kappa shape index (κ3) is 1.88. The fourth-order valence-corrected chi connectivity index (χ4v) is 4.15. The smallest absolute Gasteiger partial charge is 0.0635 e. The maximum atomic E-state index is 8.82. The summed E-state index contributed by atoms with van der Waals surface area (Å²) < 4.78 is 0. The Morgan fingerprint density at radius 3 is 3.00 bits per heavy atom. The van der Waals surface area contributed by atoms with Crippen LogP contribution in [0.1, 0.15) is 37.8 Å². The molecule has 0 aromatic heterocycles. The first-order valence-electron chi connectivity index (χ1n) is 7.36. The van der Waals surface area contributed by atoms with Crippen LogP contribution >= 0.6 is 0 Å². The molecule has 3 unspecified atom stereocenters. The number of likely N-dealkylation sites (tertiary alicyclic amines) is 1. The summed E-state index contributed by atoms with van der Waals surface area (Å²) >= 11 is 0. The second kappa shape index (κ2) is 4.65. The van der Waals surface area contributed by atoms with Crippen molar-refractivity contribution in [2.75, 3.05) is 13.1 Å². The number of piperidine rings is 1. The minimum atomic E-state index is 0.322. The van der Waals surface area contributed by atoms with Gasteiger partial charge in [0, 0.05) is 19.0 Å². The van der Waals surface area contributed by atoms with Gasteiger partial charge in [0.1, 0.15) is 0 Å². The number of hydrogen-bond donors (Lipinski definition) is 0. The molecule has 0 radical (unpaired) electrons. The van der Waals surface area contributed by atoms with Crippen LogP contribution in [0.25, 0.3) is 0 Å². The Morgan fingerprint density at radius 1 is 1.42 bits per heavy atom. The minimum Gasteiger partial charge on any atom is -0.299 e. The van der Waals surface area contributed by atoms with E-state index in [4.69, 9.17) is 5.26 Å². The molecular weight excluding hydrogens is 232 g/mol. The fraction of sp³-hybridized carbons (Fsp3) is 0.588. The molecule has 19 heavy (non-hydrogen) atoms. The van der Waals surface area contributed by atoms with Crippen LogP contribution in [-0.4, -0.2) is 24.0 Å². The predicted molar refractivity (Wildman–Crippen MR) is 76.9 cm³/mol. The lowest BCUT2D eigenvalue weighted by molar-refractivity contribution is 0.0331. The molecule has 3 atom stereocenters. The summed E-state index contributed by atoms with van der Waals surface area (Å²) in [5.41, 5.74) is 3.41. The van der Waals surface area contributed by atoms with Crippen molar-refractivity contribution < 1.29 is 0 Å². The van der Waals surface area contributed by atoms with Crippen molar-refractivity contribution in [1.29, 1.82) is 5.26 Å². The molecule has 3 rings (SSSR count). The molecule has 2 aliphatic rings. The van der Waals surface area contributed by atoms with Gasteiger partial charge in [0.05, 0.1) is 6.07 Å². The number of benzene rings is 1. The molecule has 0 N–H and O–H groups in total. The lowest BCUT2D eigenvalue weighted by Gasteiger charge is -2.54. The van der Waals surface area contributed by atoms with Gasteiger partial charge in [-0.05, 0) is 41.8 Å². The third-order valence-electron chi connectivity index (χ3n) is 5.54. The van der Waals surface area contributed by atoms with Crippen molar-refractivity contribution >= 4 is 0 Å². The molecular formula is C17H22N2. The van der Waals surface area contributed by atoms with E-state index in [1.807, 2.05) is 0 Å². The molecule has 0 spiro atoms. The van der Waals surface area contributed by atoms with E-state index in [-0.39, 0.29) is 0 Å². The quantitative estimate of drug-likeness (QED) is 0.810. The summed E-state index contributed by atoms with van der Waals surface area (Å²) in [6.45, 7) is 6.91. The van der Waals surface area contributed by atoms with Crippen LogP contribution in [0.2, 0.25) is 0 Å². The van der Waals surface area contributed by atoms with Gasteiger partial charge in [-0.3, -0.25) is 4.90 Å². The van der Waals surface area contributed by atoms with E-state index in [9.17, 15) is 0 Å². The van der Waals surface area contributed by atoms with E-state index in [2.05, 4.69) is 49.1 Å². The van der Waals surface area contributed by atoms with Gasteiger partial charge in [-0.15, -0.1) is 0 Å². The van der Waals surface area contributed by atoms with Crippen molar-refractivity contribution in [3.05, 3.63) is 35.4 Å². The van der Waals surface area contributed by atoms with Crippen LogP contribution in [0.4, 0.5) is 0 Å². The van der Waals surface area contributed by atoms with Gasteiger partial charge in [-0.25, -0.2) is 0 Å². The van der Waals surface area contributed by atoms with Gasteiger partial charge in [0.25, 0.3) is 0 Å². The van der Waals surface area contributed by atoms with E-state index < -0.39 is 0 Å². The zero-order valence-corrected chi connectivity index (χ0v) is 11.9. The number of rotatable bonds is 2. The van der Waals surface area contributed by atoms with Crippen molar-refractivity contribution in [3.63, 3.8) is 0 Å². The molecule has 1 aromatic rings. The van der Waals surface area contributed by atoms with Crippen molar-refractivity contribution in [3.8, 4) is 6.07 Å².